The normalized spacial score (nSPS) is 27.4. The maximum absolute atomic E-state index is 12.4. The summed E-state index contributed by atoms with van der Waals surface area (Å²) in [5, 5.41) is 2.84. The van der Waals surface area contributed by atoms with E-state index in [4.69, 9.17) is 4.74 Å². The maximum atomic E-state index is 12.4. The third kappa shape index (κ3) is 3.98. The van der Waals surface area contributed by atoms with Crippen molar-refractivity contribution in [1.82, 2.24) is 4.98 Å². The van der Waals surface area contributed by atoms with E-state index in [0.717, 1.165) is 34.3 Å². The first-order valence-electron chi connectivity index (χ1n) is 8.43. The van der Waals surface area contributed by atoms with Gasteiger partial charge in [0, 0.05) is 18.8 Å². The first-order chi connectivity index (χ1) is 11.6. The molecule has 0 saturated carbocycles. The van der Waals surface area contributed by atoms with Crippen LogP contribution in [0, 0.1) is 5.92 Å². The highest BCUT2D eigenvalue weighted by atomic mass is 127. The van der Waals surface area contributed by atoms with Gasteiger partial charge in [-0.3, -0.25) is 5.32 Å². The molecule has 25 heavy (non-hydrogen) atoms. The van der Waals surface area contributed by atoms with Gasteiger partial charge in [-0.1, -0.05) is 30.3 Å². The Morgan fingerprint density at radius 1 is 1.28 bits per heavy atom. The lowest BCUT2D eigenvalue weighted by Gasteiger charge is -2.49. The summed E-state index contributed by atoms with van der Waals surface area (Å²) < 4.78 is 6.78. The van der Waals surface area contributed by atoms with Crippen LogP contribution in [0.25, 0.3) is 10.4 Å². The van der Waals surface area contributed by atoms with Crippen molar-refractivity contribution >= 4 is 23.2 Å². The van der Waals surface area contributed by atoms with E-state index in [9.17, 15) is 4.79 Å². The fraction of sp³-hybridized carbons (Fsp3) is 0.444. The van der Waals surface area contributed by atoms with Crippen LogP contribution >= 0.6 is 11.3 Å². The fourth-order valence-corrected chi connectivity index (χ4v) is 4.63. The Morgan fingerprint density at radius 2 is 2.00 bits per heavy atom. The number of rotatable bonds is 3. The number of carbonyl (C=O) groups excluding carboxylic acids is 1. The second-order valence-electron chi connectivity index (χ2n) is 7.05. The molecule has 1 aromatic heterocycles. The molecule has 4 heterocycles. The van der Waals surface area contributed by atoms with E-state index in [0.29, 0.717) is 11.7 Å². The number of fused-ring (bicyclic) bond motifs is 3. The summed E-state index contributed by atoms with van der Waals surface area (Å²) in [7, 11) is 2.26. The van der Waals surface area contributed by atoms with Gasteiger partial charge in [-0.25, -0.2) is 9.78 Å². The second-order valence-corrected chi connectivity index (χ2v) is 7.91. The number of halogens is 1. The zero-order valence-electron chi connectivity index (χ0n) is 14.2. The molecule has 1 atom stereocenters. The molecule has 1 amide bonds. The Labute approximate surface area is 169 Å². The predicted molar refractivity (Wildman–Crippen MR) is 95.0 cm³/mol. The summed E-state index contributed by atoms with van der Waals surface area (Å²) in [5.41, 5.74) is 2.80. The van der Waals surface area contributed by atoms with E-state index in [2.05, 4.69) is 17.3 Å². The summed E-state index contributed by atoms with van der Waals surface area (Å²) in [6, 6.07) is 9.97. The molecule has 0 aliphatic carbocycles. The second kappa shape index (κ2) is 7.59. The Bertz CT molecular complexity index is 729. The molecule has 1 N–H and O–H groups in total. The molecular weight excluding hydrogens is 449 g/mol. The van der Waals surface area contributed by atoms with Crippen LogP contribution in [-0.4, -0.2) is 48.3 Å². The Morgan fingerprint density at radius 3 is 2.68 bits per heavy atom. The number of quaternary nitrogens is 1. The van der Waals surface area contributed by atoms with E-state index in [-0.39, 0.29) is 36.2 Å². The lowest BCUT2D eigenvalue weighted by molar-refractivity contribution is -0.928. The number of nitrogens with one attached hydrogen (secondary N) is 1. The van der Waals surface area contributed by atoms with Crippen molar-refractivity contribution in [1.29, 1.82) is 0 Å². The zero-order chi connectivity index (χ0) is 16.6. The largest absolute Gasteiger partial charge is 1.00 e. The first-order valence-corrected chi connectivity index (χ1v) is 9.31. The van der Waals surface area contributed by atoms with Crippen molar-refractivity contribution in [3.8, 4) is 10.4 Å². The minimum Gasteiger partial charge on any atom is -1.00 e. The lowest BCUT2D eigenvalue weighted by atomic mass is 9.84. The van der Waals surface area contributed by atoms with E-state index in [1.807, 2.05) is 30.3 Å². The van der Waals surface area contributed by atoms with Gasteiger partial charge in [0.15, 0.2) is 11.9 Å². The molecule has 3 fully saturated rings. The van der Waals surface area contributed by atoms with Crippen molar-refractivity contribution in [2.75, 3.05) is 32.0 Å². The molecule has 2 aromatic rings. The number of benzene rings is 1. The number of anilines is 1. The summed E-state index contributed by atoms with van der Waals surface area (Å²) in [6.07, 6.45) is 1.95. The molecule has 5 nitrogen and oxygen atoms in total. The number of ether oxygens (including phenoxy) is 1. The minimum atomic E-state index is -0.386. The Hall–Kier alpha value is -1.19. The average molecular weight is 471 g/mol. The SMILES string of the molecule is C[N+]12CCC(CC1)[C@@H](OC(=O)Nc1ncsc1-c1ccccc1)C2.[I-]. The molecule has 0 radical (unpaired) electrons. The summed E-state index contributed by atoms with van der Waals surface area (Å²) in [4.78, 5) is 17.6. The van der Waals surface area contributed by atoms with Crippen molar-refractivity contribution in [3.05, 3.63) is 35.8 Å². The van der Waals surface area contributed by atoms with Crippen LogP contribution in [0.4, 0.5) is 10.6 Å². The van der Waals surface area contributed by atoms with Gasteiger partial charge < -0.3 is 33.2 Å². The molecule has 3 aliphatic heterocycles. The summed E-state index contributed by atoms with van der Waals surface area (Å²) in [6.45, 7) is 3.34. The molecule has 5 rings (SSSR count). The third-order valence-electron chi connectivity index (χ3n) is 5.31. The monoisotopic (exact) mass is 471 g/mol. The van der Waals surface area contributed by atoms with Crippen molar-refractivity contribution in [2.24, 2.45) is 5.92 Å². The number of aromatic nitrogens is 1. The molecule has 3 aliphatic rings. The van der Waals surface area contributed by atoms with Crippen LogP contribution in [0.1, 0.15) is 12.8 Å². The van der Waals surface area contributed by atoms with Crippen molar-refractivity contribution in [3.63, 3.8) is 0 Å². The van der Waals surface area contributed by atoms with Gasteiger partial charge in [0.1, 0.15) is 6.54 Å². The van der Waals surface area contributed by atoms with Crippen molar-refractivity contribution < 1.29 is 38.0 Å². The molecule has 1 aromatic carbocycles. The molecular formula is C18H22IN3O2S. The molecule has 2 bridgehead atoms. The Balaban J connectivity index is 0.00000182. The van der Waals surface area contributed by atoms with E-state index in [1.165, 1.54) is 24.4 Å². The first kappa shape index (κ1) is 18.6. The van der Waals surface area contributed by atoms with Crippen LogP contribution in [0.5, 0.6) is 0 Å². The van der Waals surface area contributed by atoms with E-state index >= 15 is 0 Å². The highest BCUT2D eigenvalue weighted by Gasteiger charge is 2.45. The highest BCUT2D eigenvalue weighted by molar-refractivity contribution is 7.13. The summed E-state index contributed by atoms with van der Waals surface area (Å²) >= 11 is 1.52. The smallest absolute Gasteiger partial charge is 0.413 e. The van der Waals surface area contributed by atoms with Crippen LogP contribution in [0.15, 0.2) is 35.8 Å². The van der Waals surface area contributed by atoms with Gasteiger partial charge in [-0.2, -0.15) is 0 Å². The topological polar surface area (TPSA) is 51.2 Å². The number of nitrogens with zero attached hydrogens (tertiary/aromatic N) is 2. The van der Waals surface area contributed by atoms with E-state index in [1.54, 1.807) is 5.51 Å². The lowest BCUT2D eigenvalue weighted by Crippen LogP contribution is -3.00. The number of amides is 1. The highest BCUT2D eigenvalue weighted by Crippen LogP contribution is 2.35. The number of carbonyl (C=O) groups is 1. The summed E-state index contributed by atoms with van der Waals surface area (Å²) in [5.74, 6) is 1.09. The van der Waals surface area contributed by atoms with Crippen LogP contribution < -0.4 is 29.3 Å². The van der Waals surface area contributed by atoms with E-state index < -0.39 is 0 Å². The Kier molecular flexibility index (Phi) is 5.65. The van der Waals surface area contributed by atoms with Crippen LogP contribution in [0.2, 0.25) is 0 Å². The fourth-order valence-electron chi connectivity index (χ4n) is 3.88. The number of hydrogen-bond donors (Lipinski definition) is 1. The van der Waals surface area contributed by atoms with Gasteiger partial charge in [0.05, 0.1) is 30.5 Å². The van der Waals surface area contributed by atoms with Crippen LogP contribution in [0.3, 0.4) is 0 Å². The quantitative estimate of drug-likeness (QED) is 0.527. The average Bonchev–Trinajstić information content (AvgIpc) is 3.03. The van der Waals surface area contributed by atoms with Gasteiger partial charge in [-0.05, 0) is 5.56 Å². The van der Waals surface area contributed by atoms with Crippen LogP contribution in [-0.2, 0) is 4.74 Å². The zero-order valence-corrected chi connectivity index (χ0v) is 17.1. The third-order valence-corrected chi connectivity index (χ3v) is 6.18. The number of piperidine rings is 3. The molecule has 7 heteroatoms. The van der Waals surface area contributed by atoms with Gasteiger partial charge in [-0.15, -0.1) is 11.3 Å². The molecule has 134 valence electrons. The van der Waals surface area contributed by atoms with Gasteiger partial charge in [0.2, 0.25) is 0 Å². The van der Waals surface area contributed by atoms with Crippen molar-refractivity contribution in [2.45, 2.75) is 18.9 Å². The number of likely N-dealkylation sites (N-methyl/N-ethyl adjacent to an activating group) is 1. The minimum absolute atomic E-state index is 0. The number of thiazole rings is 1. The molecule has 3 saturated heterocycles. The number of hydrogen-bond acceptors (Lipinski definition) is 4. The predicted octanol–water partition coefficient (Wildman–Crippen LogP) is 0.601. The standard InChI is InChI=1S/C18H21N3O2S.HI/c1-21-9-7-13(8-10-21)15(11-21)23-18(22)20-17-16(24-12-19-17)14-5-3-2-4-6-14;/h2-6,12-13,15H,7-11H2,1H3;1H/t13?,15-,21?;/m0./s1. The van der Waals surface area contributed by atoms with Gasteiger partial charge >= 0.3 is 6.09 Å². The molecule has 0 unspecified atom stereocenters. The maximum Gasteiger partial charge on any atom is 0.413 e. The molecule has 0 spiro atoms. The van der Waals surface area contributed by atoms with Gasteiger partial charge in [0.25, 0.3) is 0 Å².